The van der Waals surface area contributed by atoms with Gasteiger partial charge in [-0.25, -0.2) is 14.5 Å². The molecule has 29 heavy (non-hydrogen) atoms. The summed E-state index contributed by atoms with van der Waals surface area (Å²) in [7, 11) is 1.31. The van der Waals surface area contributed by atoms with Crippen LogP contribution in [0, 0.1) is 13.8 Å². The first kappa shape index (κ1) is 19.9. The fourth-order valence-electron chi connectivity index (χ4n) is 3.26. The molecule has 0 radical (unpaired) electrons. The van der Waals surface area contributed by atoms with Gasteiger partial charge in [0.05, 0.1) is 18.4 Å². The van der Waals surface area contributed by atoms with Crippen LogP contribution in [0.4, 0.5) is 4.79 Å². The number of urea groups is 1. The summed E-state index contributed by atoms with van der Waals surface area (Å²) in [5.74, 6) is -2.47. The average Bonchev–Trinajstić information content (AvgIpc) is 3.10. The van der Waals surface area contributed by atoms with E-state index >= 15 is 0 Å². The van der Waals surface area contributed by atoms with Gasteiger partial charge >= 0.3 is 18.0 Å². The molecule has 150 valence electrons. The van der Waals surface area contributed by atoms with Crippen molar-refractivity contribution in [1.82, 2.24) is 14.8 Å². The van der Waals surface area contributed by atoms with Gasteiger partial charge in [0.15, 0.2) is 0 Å². The number of carboxylic acid groups (broad SMARTS) is 1. The minimum Gasteiger partial charge on any atom is -0.480 e. The van der Waals surface area contributed by atoms with Crippen molar-refractivity contribution in [2.75, 3.05) is 13.7 Å². The number of aryl methyl sites for hydroxylation is 1. The fourth-order valence-corrected chi connectivity index (χ4v) is 3.26. The second-order valence-corrected chi connectivity index (χ2v) is 6.44. The standard InChI is InChI=1S/C20H19N3O6/c1-11-8-13(9-15-18(26)22(10-17(24)25)20(28)21-15)12(2)23(11)16-7-5-4-6-14(16)19(27)29-3/h4-9H,10H2,1-3H3,(H,21,28)(H,24,25)/b15-9+. The summed E-state index contributed by atoms with van der Waals surface area (Å²) in [5, 5.41) is 11.2. The van der Waals surface area contributed by atoms with Crippen LogP contribution in [-0.4, -0.2) is 52.1 Å². The summed E-state index contributed by atoms with van der Waals surface area (Å²) in [6.07, 6.45) is 1.49. The van der Waals surface area contributed by atoms with E-state index in [0.717, 1.165) is 11.4 Å². The van der Waals surface area contributed by atoms with E-state index in [9.17, 15) is 19.2 Å². The number of ether oxygens (including phenoxy) is 1. The number of para-hydroxylation sites is 1. The third-order valence-corrected chi connectivity index (χ3v) is 4.58. The Morgan fingerprint density at radius 2 is 1.90 bits per heavy atom. The molecule has 1 aliphatic rings. The number of nitrogens with zero attached hydrogens (tertiary/aromatic N) is 2. The summed E-state index contributed by atoms with van der Waals surface area (Å²) in [6.45, 7) is 2.94. The van der Waals surface area contributed by atoms with Crippen molar-refractivity contribution in [3.05, 3.63) is 58.5 Å². The second kappa shape index (κ2) is 7.63. The summed E-state index contributed by atoms with van der Waals surface area (Å²) < 4.78 is 6.69. The molecular formula is C20H19N3O6. The number of aromatic nitrogens is 1. The van der Waals surface area contributed by atoms with Gasteiger partial charge in [-0.05, 0) is 43.7 Å². The number of esters is 1. The van der Waals surface area contributed by atoms with Crippen LogP contribution in [0.15, 0.2) is 36.0 Å². The Labute approximate surface area is 166 Å². The molecule has 0 unspecified atom stereocenters. The minimum absolute atomic E-state index is 0.0160. The van der Waals surface area contributed by atoms with Crippen molar-refractivity contribution < 1.29 is 29.0 Å². The van der Waals surface area contributed by atoms with E-state index in [-0.39, 0.29) is 5.70 Å². The molecule has 0 aliphatic carbocycles. The molecule has 0 bridgehead atoms. The molecule has 0 atom stereocenters. The predicted molar refractivity (Wildman–Crippen MR) is 102 cm³/mol. The van der Waals surface area contributed by atoms with Gasteiger partial charge in [0.1, 0.15) is 12.2 Å². The highest BCUT2D eigenvalue weighted by Gasteiger charge is 2.35. The highest BCUT2D eigenvalue weighted by atomic mass is 16.5. The van der Waals surface area contributed by atoms with E-state index in [1.165, 1.54) is 13.2 Å². The maximum absolute atomic E-state index is 12.4. The van der Waals surface area contributed by atoms with E-state index in [1.807, 2.05) is 18.4 Å². The third-order valence-electron chi connectivity index (χ3n) is 4.58. The lowest BCUT2D eigenvalue weighted by Gasteiger charge is -2.13. The molecule has 0 spiro atoms. The molecule has 1 fully saturated rings. The molecule has 1 aromatic carbocycles. The zero-order valence-electron chi connectivity index (χ0n) is 16.1. The molecule has 2 heterocycles. The highest BCUT2D eigenvalue weighted by molar-refractivity contribution is 6.15. The molecule has 0 saturated carbocycles. The summed E-state index contributed by atoms with van der Waals surface area (Å²) in [4.78, 5) is 47.8. The smallest absolute Gasteiger partial charge is 0.339 e. The first-order valence-electron chi connectivity index (χ1n) is 8.67. The molecule has 1 aliphatic heterocycles. The Kier molecular flexibility index (Phi) is 5.22. The van der Waals surface area contributed by atoms with Gasteiger partial charge in [0.2, 0.25) is 0 Å². The Bertz CT molecular complexity index is 1070. The number of carbonyl (C=O) groups excluding carboxylic acids is 3. The van der Waals surface area contributed by atoms with Gasteiger partial charge in [0, 0.05) is 11.4 Å². The monoisotopic (exact) mass is 397 g/mol. The molecule has 3 amide bonds. The number of rotatable bonds is 5. The molecule has 2 N–H and O–H groups in total. The lowest BCUT2D eigenvalue weighted by Crippen LogP contribution is -2.35. The maximum Gasteiger partial charge on any atom is 0.339 e. The number of nitrogens with one attached hydrogen (secondary N) is 1. The van der Waals surface area contributed by atoms with Gasteiger partial charge in [-0.3, -0.25) is 9.59 Å². The SMILES string of the molecule is COC(=O)c1ccccc1-n1c(C)cc(/C=C2/NC(=O)N(CC(=O)O)C2=O)c1C. The zero-order valence-corrected chi connectivity index (χ0v) is 16.1. The van der Waals surface area contributed by atoms with Crippen LogP contribution in [0.1, 0.15) is 27.3 Å². The van der Waals surface area contributed by atoms with Crippen molar-refractivity contribution in [3.63, 3.8) is 0 Å². The van der Waals surface area contributed by atoms with Gasteiger partial charge in [-0.1, -0.05) is 12.1 Å². The predicted octanol–water partition coefficient (Wildman–Crippen LogP) is 1.86. The van der Waals surface area contributed by atoms with E-state index in [2.05, 4.69) is 5.32 Å². The van der Waals surface area contributed by atoms with Crippen molar-refractivity contribution in [2.24, 2.45) is 0 Å². The topological polar surface area (TPSA) is 118 Å². The molecule has 1 aromatic heterocycles. The van der Waals surface area contributed by atoms with Gasteiger partial charge in [-0.15, -0.1) is 0 Å². The Balaban J connectivity index is 2.03. The van der Waals surface area contributed by atoms with Crippen molar-refractivity contribution >= 4 is 30.0 Å². The average molecular weight is 397 g/mol. The van der Waals surface area contributed by atoms with Crippen LogP contribution in [0.2, 0.25) is 0 Å². The Morgan fingerprint density at radius 1 is 1.21 bits per heavy atom. The molecule has 9 nitrogen and oxygen atoms in total. The number of methoxy groups -OCH3 is 1. The van der Waals surface area contributed by atoms with Crippen LogP contribution in [0.25, 0.3) is 11.8 Å². The van der Waals surface area contributed by atoms with Crippen molar-refractivity contribution in [2.45, 2.75) is 13.8 Å². The zero-order chi connectivity index (χ0) is 21.3. The summed E-state index contributed by atoms with van der Waals surface area (Å²) >= 11 is 0. The quantitative estimate of drug-likeness (QED) is 0.452. The number of amides is 3. The molecule has 2 aromatic rings. The maximum atomic E-state index is 12.4. The van der Waals surface area contributed by atoms with Gasteiger partial charge < -0.3 is 19.7 Å². The fraction of sp³-hybridized carbons (Fsp3) is 0.200. The number of hydrogen-bond acceptors (Lipinski definition) is 5. The van der Waals surface area contributed by atoms with Crippen LogP contribution < -0.4 is 5.32 Å². The van der Waals surface area contributed by atoms with Crippen LogP contribution in [-0.2, 0) is 14.3 Å². The van der Waals surface area contributed by atoms with Crippen molar-refractivity contribution in [3.8, 4) is 5.69 Å². The number of aliphatic carboxylic acids is 1. The van der Waals surface area contributed by atoms with E-state index < -0.39 is 30.4 Å². The van der Waals surface area contributed by atoms with E-state index in [0.29, 0.717) is 21.7 Å². The van der Waals surface area contributed by atoms with Gasteiger partial charge in [-0.2, -0.15) is 0 Å². The highest BCUT2D eigenvalue weighted by Crippen LogP contribution is 2.26. The minimum atomic E-state index is -1.28. The first-order chi connectivity index (χ1) is 13.7. The first-order valence-corrected chi connectivity index (χ1v) is 8.67. The van der Waals surface area contributed by atoms with Crippen molar-refractivity contribution in [1.29, 1.82) is 0 Å². The third kappa shape index (κ3) is 3.62. The largest absolute Gasteiger partial charge is 0.480 e. The molecular weight excluding hydrogens is 378 g/mol. The summed E-state index contributed by atoms with van der Waals surface area (Å²) in [5.41, 5.74) is 3.15. The number of carbonyl (C=O) groups is 4. The lowest BCUT2D eigenvalue weighted by molar-refractivity contribution is -0.140. The number of hydrogen-bond donors (Lipinski definition) is 2. The Hall–Kier alpha value is -3.88. The number of carboxylic acids is 1. The molecule has 3 rings (SSSR count). The van der Waals surface area contributed by atoms with Crippen LogP contribution in [0.3, 0.4) is 0 Å². The number of imide groups is 1. The Morgan fingerprint density at radius 3 is 2.55 bits per heavy atom. The summed E-state index contributed by atoms with van der Waals surface area (Å²) in [6, 6.07) is 7.98. The van der Waals surface area contributed by atoms with Gasteiger partial charge in [0.25, 0.3) is 5.91 Å². The molecule has 1 saturated heterocycles. The normalized spacial score (nSPS) is 15.0. The number of benzene rings is 1. The van der Waals surface area contributed by atoms with Crippen LogP contribution in [0.5, 0.6) is 0 Å². The molecule has 9 heteroatoms. The van der Waals surface area contributed by atoms with E-state index in [1.54, 1.807) is 30.3 Å². The van der Waals surface area contributed by atoms with E-state index in [4.69, 9.17) is 9.84 Å². The second-order valence-electron chi connectivity index (χ2n) is 6.44. The van der Waals surface area contributed by atoms with Crippen LogP contribution >= 0.6 is 0 Å². The lowest BCUT2D eigenvalue weighted by atomic mass is 10.1.